The van der Waals surface area contributed by atoms with Gasteiger partial charge in [-0.05, 0) is 0 Å². The first-order valence-electron chi connectivity index (χ1n) is 8.96. The summed E-state index contributed by atoms with van der Waals surface area (Å²) in [5.74, 6) is 2.84. The van der Waals surface area contributed by atoms with E-state index in [-0.39, 0.29) is 32.6 Å². The fourth-order valence-electron chi connectivity index (χ4n) is 3.39. The third kappa shape index (κ3) is 5.39. The van der Waals surface area contributed by atoms with Gasteiger partial charge in [0.25, 0.3) is 0 Å². The summed E-state index contributed by atoms with van der Waals surface area (Å²) in [6.07, 6.45) is 3.37. The molecule has 0 saturated heterocycles. The molecule has 1 N–H and O–H groups in total. The summed E-state index contributed by atoms with van der Waals surface area (Å²) in [5.41, 5.74) is 3.27. The van der Waals surface area contributed by atoms with Crippen LogP contribution in [0, 0.1) is 10.7 Å². The molecule has 0 bridgehead atoms. The van der Waals surface area contributed by atoms with Crippen LogP contribution in [0.2, 0.25) is 0 Å². The molecule has 146 valence electrons. The molecule has 0 heterocycles. The number of benzene rings is 1. The number of carbonyl (C=O) groups is 1. The Morgan fingerprint density at radius 3 is 2.56 bits per heavy atom. The molecule has 2 rings (SSSR count). The van der Waals surface area contributed by atoms with Crippen molar-refractivity contribution in [2.24, 2.45) is 0 Å². The van der Waals surface area contributed by atoms with E-state index in [2.05, 4.69) is 50.6 Å². The molecule has 0 radical (unpaired) electrons. The van der Waals surface area contributed by atoms with E-state index < -0.39 is 5.97 Å². The Balaban J connectivity index is 2.47. The molecule has 0 spiro atoms. The first-order chi connectivity index (χ1) is 12.6. The van der Waals surface area contributed by atoms with Gasteiger partial charge >= 0.3 is 168 Å². The molecule has 5 heteroatoms. The van der Waals surface area contributed by atoms with Gasteiger partial charge in [-0.2, -0.15) is 0 Å². The van der Waals surface area contributed by atoms with Crippen LogP contribution < -0.4 is 9.20 Å². The predicted molar refractivity (Wildman–Crippen MR) is 109 cm³/mol. The van der Waals surface area contributed by atoms with Gasteiger partial charge in [-0.3, -0.25) is 0 Å². The Morgan fingerprint density at radius 2 is 1.93 bits per heavy atom. The van der Waals surface area contributed by atoms with Crippen LogP contribution >= 0.6 is 0 Å². The number of rotatable bonds is 5. The van der Waals surface area contributed by atoms with Gasteiger partial charge in [-0.15, -0.1) is 0 Å². The fourth-order valence-corrected chi connectivity index (χ4v) is 4.80. The third-order valence-electron chi connectivity index (χ3n) is 4.95. The number of hydrogen-bond donors (Lipinski definition) is 1. The van der Waals surface area contributed by atoms with Crippen LogP contribution in [0.5, 0.6) is 5.75 Å². The van der Waals surface area contributed by atoms with E-state index in [4.69, 9.17) is 14.6 Å². The number of carboxylic acid groups (broad SMARTS) is 1. The normalized spacial score (nSPS) is 17.5. The van der Waals surface area contributed by atoms with Gasteiger partial charge in [-0.1, -0.05) is 0 Å². The Labute approximate surface area is 168 Å². The van der Waals surface area contributed by atoms with Crippen LogP contribution in [0.1, 0.15) is 58.6 Å². The van der Waals surface area contributed by atoms with Gasteiger partial charge in [0.2, 0.25) is 0 Å². The van der Waals surface area contributed by atoms with E-state index in [0.29, 0.717) is 5.57 Å². The van der Waals surface area contributed by atoms with Gasteiger partial charge < -0.3 is 0 Å². The zero-order valence-corrected chi connectivity index (χ0v) is 18.6. The van der Waals surface area contributed by atoms with Crippen LogP contribution in [0.25, 0.3) is 0 Å². The molecule has 0 aliphatic heterocycles. The summed E-state index contributed by atoms with van der Waals surface area (Å²) in [6.45, 7) is 11.0. The quantitative estimate of drug-likeness (QED) is 0.334. The maximum atomic E-state index is 10.7. The minimum absolute atomic E-state index is 0.0476. The first-order valence-corrected chi connectivity index (χ1v) is 10.7. The summed E-state index contributed by atoms with van der Waals surface area (Å²) in [6, 6.07) is 4.34. The van der Waals surface area contributed by atoms with Gasteiger partial charge in [0.15, 0.2) is 0 Å². The molecule has 27 heavy (non-hydrogen) atoms. The fraction of sp³-hybridized carbons (Fsp3) is 0.500. The van der Waals surface area contributed by atoms with E-state index in [1.54, 1.807) is 14.0 Å². The number of fused-ring (bicyclic) bond motifs is 1. The van der Waals surface area contributed by atoms with Crippen molar-refractivity contribution >= 4 is 25.4 Å². The Bertz CT molecular complexity index is 810. The van der Waals surface area contributed by atoms with E-state index in [1.165, 1.54) is 11.1 Å². The molecule has 1 aromatic rings. The third-order valence-corrected chi connectivity index (χ3v) is 6.36. The van der Waals surface area contributed by atoms with Crippen molar-refractivity contribution in [3.05, 3.63) is 34.9 Å². The van der Waals surface area contributed by atoms with Crippen LogP contribution in [-0.4, -0.2) is 39.9 Å². The van der Waals surface area contributed by atoms with Crippen LogP contribution in [0.4, 0.5) is 0 Å². The standard InChI is InChI=1S/C22H28O4Se/c1-15(11-19(23)24)7-10-27-16-12-17-20(18(13-16)26-14-25-6)22(4,5)9-8-21(17,2)3/h11-13H,8-9,14H2,1-6H3,(H,23,24). The first kappa shape index (κ1) is 21.6. The molecular weight excluding hydrogens is 407 g/mol. The average molecular weight is 435 g/mol. The van der Waals surface area contributed by atoms with Gasteiger partial charge in [0.1, 0.15) is 0 Å². The van der Waals surface area contributed by atoms with Crippen molar-refractivity contribution in [2.75, 3.05) is 13.9 Å². The number of aliphatic carboxylic acids is 1. The number of hydrogen-bond acceptors (Lipinski definition) is 3. The summed E-state index contributed by atoms with van der Waals surface area (Å²) in [7, 11) is 1.62. The Hall–Kier alpha value is -1.73. The van der Waals surface area contributed by atoms with Crippen molar-refractivity contribution in [1.82, 2.24) is 0 Å². The maximum absolute atomic E-state index is 10.7. The SMILES string of the molecule is COCOc1cc([Se]C#CC(C)=CC(=O)O)cc2c1C(C)(C)CCC2(C)C. The van der Waals surface area contributed by atoms with E-state index in [9.17, 15) is 4.79 Å². The molecule has 0 fully saturated rings. The Morgan fingerprint density at radius 1 is 1.26 bits per heavy atom. The summed E-state index contributed by atoms with van der Waals surface area (Å²) >= 11 is -0.0918. The Kier molecular flexibility index (Phi) is 6.81. The average Bonchev–Trinajstić information content (AvgIpc) is 2.56. The molecule has 4 nitrogen and oxygen atoms in total. The van der Waals surface area contributed by atoms with Crippen molar-refractivity contribution in [3.63, 3.8) is 0 Å². The summed E-state index contributed by atoms with van der Waals surface area (Å²) < 4.78 is 12.2. The van der Waals surface area contributed by atoms with E-state index in [0.717, 1.165) is 29.1 Å². The zero-order chi connectivity index (χ0) is 20.2. The van der Waals surface area contributed by atoms with Crippen molar-refractivity contribution in [2.45, 2.75) is 58.3 Å². The number of ether oxygens (including phenoxy) is 2. The monoisotopic (exact) mass is 436 g/mol. The second-order valence-corrected chi connectivity index (χ2v) is 10.0. The summed E-state index contributed by atoms with van der Waals surface area (Å²) in [5, 5.41) is 8.79. The number of methoxy groups -OCH3 is 1. The molecule has 0 unspecified atom stereocenters. The van der Waals surface area contributed by atoms with Crippen LogP contribution in [0.15, 0.2) is 23.8 Å². The van der Waals surface area contributed by atoms with E-state index >= 15 is 0 Å². The second-order valence-electron chi connectivity index (χ2n) is 8.16. The molecule has 1 aliphatic rings. The molecule has 1 aromatic carbocycles. The van der Waals surface area contributed by atoms with Crippen molar-refractivity contribution in [1.29, 1.82) is 0 Å². The molecule has 0 aromatic heterocycles. The van der Waals surface area contributed by atoms with Gasteiger partial charge in [0, 0.05) is 0 Å². The van der Waals surface area contributed by atoms with Crippen molar-refractivity contribution < 1.29 is 19.4 Å². The van der Waals surface area contributed by atoms with E-state index in [1.807, 2.05) is 0 Å². The van der Waals surface area contributed by atoms with Crippen LogP contribution in [-0.2, 0) is 20.4 Å². The number of allylic oxidation sites excluding steroid dienone is 1. The zero-order valence-electron chi connectivity index (χ0n) is 16.9. The molecule has 0 amide bonds. The summed E-state index contributed by atoms with van der Waals surface area (Å²) in [4.78, 5) is 13.9. The van der Waals surface area contributed by atoms with Crippen molar-refractivity contribution in [3.8, 4) is 16.5 Å². The minimum atomic E-state index is -0.970. The van der Waals surface area contributed by atoms with Gasteiger partial charge in [-0.25, -0.2) is 0 Å². The second kappa shape index (κ2) is 8.52. The molecular formula is C22H28O4Se. The molecule has 0 atom stereocenters. The topological polar surface area (TPSA) is 55.8 Å². The van der Waals surface area contributed by atoms with Crippen LogP contribution in [0.3, 0.4) is 0 Å². The predicted octanol–water partition coefficient (Wildman–Crippen LogP) is 3.34. The van der Waals surface area contributed by atoms with Gasteiger partial charge in [0.05, 0.1) is 0 Å². The molecule has 1 aliphatic carbocycles. The molecule has 0 saturated carbocycles. The number of carboxylic acids is 1.